The Kier molecular flexibility index (Phi) is 6.34. The zero-order valence-electron chi connectivity index (χ0n) is 18.7. The van der Waals surface area contributed by atoms with Crippen molar-refractivity contribution >= 4 is 11.9 Å². The van der Waals surface area contributed by atoms with Crippen molar-refractivity contribution in [3.63, 3.8) is 0 Å². The average molecular weight is 437 g/mol. The minimum absolute atomic E-state index is 0.180. The molecule has 1 saturated carbocycles. The number of carbonyl (C=O) groups is 1. The van der Waals surface area contributed by atoms with Gasteiger partial charge < -0.3 is 10.2 Å². The van der Waals surface area contributed by atoms with Crippen LogP contribution in [0.1, 0.15) is 41.9 Å². The van der Waals surface area contributed by atoms with Crippen LogP contribution in [-0.2, 0) is 4.79 Å². The first-order valence-electron chi connectivity index (χ1n) is 11.7. The first-order chi connectivity index (χ1) is 16.3. The molecule has 5 heteroatoms. The first kappa shape index (κ1) is 21.2. The molecule has 0 bridgehead atoms. The van der Waals surface area contributed by atoms with Gasteiger partial charge in [-0.05, 0) is 48.8 Å². The van der Waals surface area contributed by atoms with Gasteiger partial charge in [-0.15, -0.1) is 0 Å². The molecule has 166 valence electrons. The number of benzene rings is 2. The number of likely N-dealkylation sites (tertiary alicyclic amines) is 1. The summed E-state index contributed by atoms with van der Waals surface area (Å²) in [7, 11) is 0. The molecule has 0 radical (unpaired) electrons. The summed E-state index contributed by atoms with van der Waals surface area (Å²) in [5, 5.41) is 3.35. The van der Waals surface area contributed by atoms with E-state index in [1.807, 2.05) is 36.4 Å². The van der Waals surface area contributed by atoms with Gasteiger partial charge in [0.05, 0.1) is 5.56 Å². The van der Waals surface area contributed by atoms with E-state index in [9.17, 15) is 4.79 Å². The maximum absolute atomic E-state index is 12.9. The van der Waals surface area contributed by atoms with E-state index in [2.05, 4.69) is 56.3 Å². The lowest BCUT2D eigenvalue weighted by atomic mass is 9.96. The molecule has 1 aliphatic heterocycles. The highest BCUT2D eigenvalue weighted by atomic mass is 16.2. The van der Waals surface area contributed by atoms with Crippen LogP contribution in [0.2, 0.25) is 0 Å². The van der Waals surface area contributed by atoms with Gasteiger partial charge in [-0.3, -0.25) is 4.79 Å². The molecule has 0 spiro atoms. The number of aromatic nitrogens is 2. The normalized spacial score (nSPS) is 19.9. The molecule has 1 N–H and O–H groups in total. The van der Waals surface area contributed by atoms with E-state index >= 15 is 0 Å². The third kappa shape index (κ3) is 5.40. The summed E-state index contributed by atoms with van der Waals surface area (Å²) in [5.41, 5.74) is 3.07. The molecule has 2 heterocycles. The maximum Gasteiger partial charge on any atom is 0.226 e. The van der Waals surface area contributed by atoms with Crippen LogP contribution in [0.25, 0.3) is 0 Å². The summed E-state index contributed by atoms with van der Waals surface area (Å²) in [4.78, 5) is 23.8. The molecule has 2 aliphatic rings. The highest BCUT2D eigenvalue weighted by Crippen LogP contribution is 2.48. The van der Waals surface area contributed by atoms with Gasteiger partial charge in [0.15, 0.2) is 0 Å². The molecular formula is C28H28N4O. The van der Waals surface area contributed by atoms with E-state index in [0.717, 1.165) is 50.0 Å². The van der Waals surface area contributed by atoms with Gasteiger partial charge in [0.25, 0.3) is 0 Å². The van der Waals surface area contributed by atoms with Gasteiger partial charge in [-0.2, -0.15) is 0 Å². The van der Waals surface area contributed by atoms with Gasteiger partial charge >= 0.3 is 0 Å². The number of hydrogen-bond acceptors (Lipinski definition) is 4. The number of nitrogens with zero attached hydrogens (tertiary/aromatic N) is 3. The third-order valence-corrected chi connectivity index (χ3v) is 6.59. The Bertz CT molecular complexity index is 1130. The van der Waals surface area contributed by atoms with E-state index in [-0.39, 0.29) is 5.92 Å². The van der Waals surface area contributed by atoms with E-state index in [0.29, 0.717) is 23.7 Å². The lowest BCUT2D eigenvalue weighted by Gasteiger charge is -2.32. The summed E-state index contributed by atoms with van der Waals surface area (Å²) in [6.07, 6.45) is 6.54. The summed E-state index contributed by atoms with van der Waals surface area (Å²) in [6.45, 7) is 2.52. The fourth-order valence-corrected chi connectivity index (χ4v) is 4.51. The van der Waals surface area contributed by atoms with Gasteiger partial charge in [0.1, 0.15) is 0 Å². The van der Waals surface area contributed by atoms with Crippen LogP contribution in [0.5, 0.6) is 0 Å². The lowest BCUT2D eigenvalue weighted by Crippen LogP contribution is -2.40. The van der Waals surface area contributed by atoms with Crippen LogP contribution >= 0.6 is 0 Å². The summed E-state index contributed by atoms with van der Waals surface area (Å²) in [5.74, 6) is 8.30. The second-order valence-corrected chi connectivity index (χ2v) is 8.92. The Morgan fingerprint density at radius 1 is 0.909 bits per heavy atom. The van der Waals surface area contributed by atoms with Crippen molar-refractivity contribution in [2.24, 2.45) is 11.8 Å². The Balaban J connectivity index is 1.06. The first-order valence-corrected chi connectivity index (χ1v) is 11.7. The molecule has 2 unspecified atom stereocenters. The van der Waals surface area contributed by atoms with Gasteiger partial charge in [0.2, 0.25) is 11.9 Å². The molecule has 5 nitrogen and oxygen atoms in total. The smallest absolute Gasteiger partial charge is 0.226 e. The summed E-state index contributed by atoms with van der Waals surface area (Å²) < 4.78 is 0. The lowest BCUT2D eigenvalue weighted by molar-refractivity contribution is -0.134. The number of carbonyl (C=O) groups excluding carboxylic acids is 1. The van der Waals surface area contributed by atoms with E-state index in [1.54, 1.807) is 12.4 Å². The predicted molar refractivity (Wildman–Crippen MR) is 130 cm³/mol. The summed E-state index contributed by atoms with van der Waals surface area (Å²) in [6, 6.07) is 20.3. The fraction of sp³-hybridized carbons (Fsp3) is 0.321. The van der Waals surface area contributed by atoms with Crippen molar-refractivity contribution in [2.45, 2.75) is 25.2 Å². The zero-order chi connectivity index (χ0) is 22.5. The second-order valence-electron chi connectivity index (χ2n) is 8.92. The highest BCUT2D eigenvalue weighted by molar-refractivity contribution is 5.83. The number of piperidine rings is 1. The van der Waals surface area contributed by atoms with Crippen molar-refractivity contribution in [2.75, 3.05) is 25.0 Å². The molecule has 1 aliphatic carbocycles. The monoisotopic (exact) mass is 436 g/mol. The van der Waals surface area contributed by atoms with Crippen molar-refractivity contribution in [1.29, 1.82) is 0 Å². The van der Waals surface area contributed by atoms with E-state index < -0.39 is 0 Å². The largest absolute Gasteiger partial charge is 0.354 e. The quantitative estimate of drug-likeness (QED) is 0.605. The molecule has 1 aromatic heterocycles. The number of hydrogen-bond donors (Lipinski definition) is 1. The number of nitrogens with one attached hydrogen (secondary N) is 1. The molecule has 2 fully saturated rings. The minimum atomic E-state index is 0.180. The van der Waals surface area contributed by atoms with Gasteiger partial charge in [-0.25, -0.2) is 9.97 Å². The molecule has 1 amide bonds. The fourth-order valence-electron chi connectivity index (χ4n) is 4.51. The van der Waals surface area contributed by atoms with Crippen molar-refractivity contribution in [3.05, 3.63) is 89.7 Å². The molecule has 33 heavy (non-hydrogen) atoms. The van der Waals surface area contributed by atoms with Crippen LogP contribution < -0.4 is 5.32 Å². The summed E-state index contributed by atoms with van der Waals surface area (Å²) >= 11 is 0. The average Bonchev–Trinajstić information content (AvgIpc) is 3.69. The SMILES string of the molecule is O=C(C1CC1c1ccccc1)N1CCC(CNc2ncc(C#Cc3ccccc3)cn2)CC1. The molecule has 3 aromatic rings. The Morgan fingerprint density at radius 3 is 2.24 bits per heavy atom. The Labute approximate surface area is 195 Å². The number of rotatable bonds is 5. The maximum atomic E-state index is 12.9. The predicted octanol–water partition coefficient (Wildman–Crippen LogP) is 4.33. The van der Waals surface area contributed by atoms with Crippen molar-refractivity contribution in [3.8, 4) is 11.8 Å². The van der Waals surface area contributed by atoms with Crippen LogP contribution in [0.15, 0.2) is 73.1 Å². The van der Waals surface area contributed by atoms with Crippen LogP contribution in [0.4, 0.5) is 5.95 Å². The molecular weight excluding hydrogens is 408 g/mol. The zero-order valence-corrected chi connectivity index (χ0v) is 18.7. The molecule has 2 aromatic carbocycles. The standard InChI is InChI=1S/C28H28N4O/c33-27(26-17-25(26)24-9-5-2-6-10-24)32-15-13-22(14-16-32)18-29-28-30-19-23(20-31-28)12-11-21-7-3-1-4-8-21/h1-10,19-20,22,25-26H,13-18H2,(H,29,30,31). The van der Waals surface area contributed by atoms with Crippen molar-refractivity contribution < 1.29 is 4.79 Å². The highest BCUT2D eigenvalue weighted by Gasteiger charge is 2.46. The van der Waals surface area contributed by atoms with Crippen LogP contribution in [0.3, 0.4) is 0 Å². The topological polar surface area (TPSA) is 58.1 Å². The van der Waals surface area contributed by atoms with Crippen LogP contribution in [-0.4, -0.2) is 40.4 Å². The second kappa shape index (κ2) is 9.87. The van der Waals surface area contributed by atoms with Gasteiger partial charge in [-0.1, -0.05) is 60.4 Å². The molecule has 2 atom stereocenters. The molecule has 5 rings (SSSR count). The van der Waals surface area contributed by atoms with E-state index in [4.69, 9.17) is 0 Å². The molecule has 1 saturated heterocycles. The Hall–Kier alpha value is -3.65. The minimum Gasteiger partial charge on any atom is -0.354 e. The Morgan fingerprint density at radius 2 is 1.55 bits per heavy atom. The number of amides is 1. The van der Waals surface area contributed by atoms with Crippen LogP contribution in [0, 0.1) is 23.7 Å². The number of anilines is 1. The van der Waals surface area contributed by atoms with Crippen molar-refractivity contribution in [1.82, 2.24) is 14.9 Å². The third-order valence-electron chi connectivity index (χ3n) is 6.59. The van der Waals surface area contributed by atoms with E-state index in [1.165, 1.54) is 5.56 Å². The van der Waals surface area contributed by atoms with Gasteiger partial charge in [0, 0.05) is 43.5 Å².